The standard InChI is InChI=1S/C20H27NO5SSi/c1-7-25-19(24)15-11-13(16-8-9-17(27-16)18(22)23)10-14(21-15)12-26-28(5,6)20(2,3)4/h8-11H,7,12H2,1-6H3,(H,22,23). The molecule has 2 rings (SSSR count). The van der Waals surface area contributed by atoms with E-state index >= 15 is 0 Å². The molecule has 0 aliphatic heterocycles. The van der Waals surface area contributed by atoms with E-state index in [1.807, 2.05) is 6.07 Å². The maximum absolute atomic E-state index is 12.2. The summed E-state index contributed by atoms with van der Waals surface area (Å²) in [5, 5.41) is 9.23. The number of aromatic nitrogens is 1. The maximum Gasteiger partial charge on any atom is 0.356 e. The fourth-order valence-electron chi connectivity index (χ4n) is 2.19. The predicted molar refractivity (Wildman–Crippen MR) is 112 cm³/mol. The first kappa shape index (κ1) is 22.3. The molecule has 28 heavy (non-hydrogen) atoms. The van der Waals surface area contributed by atoms with E-state index in [9.17, 15) is 14.7 Å². The predicted octanol–water partition coefficient (Wildman–Crippen LogP) is 5.21. The molecule has 0 amide bonds. The summed E-state index contributed by atoms with van der Waals surface area (Å²) in [7, 11) is -1.99. The normalized spacial score (nSPS) is 12.1. The number of hydrogen-bond acceptors (Lipinski definition) is 6. The maximum atomic E-state index is 12.2. The van der Waals surface area contributed by atoms with E-state index in [1.165, 1.54) is 0 Å². The van der Waals surface area contributed by atoms with Crippen molar-refractivity contribution in [2.24, 2.45) is 0 Å². The van der Waals surface area contributed by atoms with Gasteiger partial charge in [0.25, 0.3) is 0 Å². The number of carboxylic acid groups (broad SMARTS) is 1. The van der Waals surface area contributed by atoms with Gasteiger partial charge in [-0.05, 0) is 54.9 Å². The van der Waals surface area contributed by atoms with Crippen LogP contribution >= 0.6 is 11.3 Å². The number of hydrogen-bond donors (Lipinski definition) is 1. The molecule has 152 valence electrons. The highest BCUT2D eigenvalue weighted by atomic mass is 32.1. The van der Waals surface area contributed by atoms with Crippen LogP contribution in [0.15, 0.2) is 24.3 Å². The van der Waals surface area contributed by atoms with Gasteiger partial charge in [-0.15, -0.1) is 11.3 Å². The third-order valence-corrected chi connectivity index (χ3v) is 10.5. The van der Waals surface area contributed by atoms with Crippen molar-refractivity contribution in [3.63, 3.8) is 0 Å². The van der Waals surface area contributed by atoms with Crippen LogP contribution in [0, 0.1) is 0 Å². The number of pyridine rings is 1. The molecule has 6 nitrogen and oxygen atoms in total. The zero-order valence-corrected chi connectivity index (χ0v) is 19.0. The Labute approximate surface area is 170 Å². The SMILES string of the molecule is CCOC(=O)c1cc(-c2ccc(C(=O)O)s2)cc(CO[Si](C)(C)C(C)(C)C)n1. The minimum atomic E-state index is -1.99. The lowest BCUT2D eigenvalue weighted by Gasteiger charge is -2.36. The molecule has 0 fully saturated rings. The molecule has 0 aromatic carbocycles. The quantitative estimate of drug-likeness (QED) is 0.488. The summed E-state index contributed by atoms with van der Waals surface area (Å²) >= 11 is 1.15. The Balaban J connectivity index is 2.40. The molecule has 1 N–H and O–H groups in total. The Bertz CT molecular complexity index is 870. The second kappa shape index (κ2) is 8.55. The van der Waals surface area contributed by atoms with Gasteiger partial charge in [0, 0.05) is 4.88 Å². The van der Waals surface area contributed by atoms with Crippen LogP contribution in [0.25, 0.3) is 10.4 Å². The minimum Gasteiger partial charge on any atom is -0.477 e. The van der Waals surface area contributed by atoms with Crippen LogP contribution in [0.4, 0.5) is 0 Å². The van der Waals surface area contributed by atoms with Crippen LogP contribution < -0.4 is 0 Å². The molecule has 0 atom stereocenters. The number of thiophene rings is 1. The molecule has 0 radical (unpaired) electrons. The molecule has 0 bridgehead atoms. The zero-order chi connectivity index (χ0) is 21.1. The molecule has 0 aliphatic carbocycles. The highest BCUT2D eigenvalue weighted by molar-refractivity contribution is 7.17. The van der Waals surface area contributed by atoms with Crippen LogP contribution in [-0.2, 0) is 15.8 Å². The van der Waals surface area contributed by atoms with Gasteiger partial charge >= 0.3 is 11.9 Å². The first-order valence-corrected chi connectivity index (χ1v) is 12.8. The van der Waals surface area contributed by atoms with E-state index < -0.39 is 20.3 Å². The largest absolute Gasteiger partial charge is 0.477 e. The van der Waals surface area contributed by atoms with Crippen LogP contribution in [0.3, 0.4) is 0 Å². The van der Waals surface area contributed by atoms with Gasteiger partial charge < -0.3 is 14.3 Å². The Kier molecular flexibility index (Phi) is 6.79. The summed E-state index contributed by atoms with van der Waals surface area (Å²) in [5.74, 6) is -1.48. The number of rotatable bonds is 7. The molecule has 2 aromatic heterocycles. The topological polar surface area (TPSA) is 85.7 Å². The van der Waals surface area contributed by atoms with Gasteiger partial charge in [-0.25, -0.2) is 14.6 Å². The van der Waals surface area contributed by atoms with E-state index in [-0.39, 0.29) is 28.8 Å². The number of esters is 1. The van der Waals surface area contributed by atoms with Crippen molar-refractivity contribution in [2.75, 3.05) is 6.61 Å². The Morgan fingerprint density at radius 1 is 1.21 bits per heavy atom. The highest BCUT2D eigenvalue weighted by Gasteiger charge is 2.37. The summed E-state index contributed by atoms with van der Waals surface area (Å²) in [6, 6.07) is 6.76. The summed E-state index contributed by atoms with van der Waals surface area (Å²) < 4.78 is 11.3. The van der Waals surface area contributed by atoms with E-state index in [2.05, 4.69) is 38.8 Å². The summed E-state index contributed by atoms with van der Waals surface area (Å²) in [6.07, 6.45) is 0. The van der Waals surface area contributed by atoms with Gasteiger partial charge in [-0.3, -0.25) is 0 Å². The first-order valence-electron chi connectivity index (χ1n) is 9.10. The van der Waals surface area contributed by atoms with Crippen molar-refractivity contribution in [3.05, 3.63) is 40.5 Å². The molecular formula is C20H27NO5SSi. The first-order chi connectivity index (χ1) is 12.9. The van der Waals surface area contributed by atoms with Crippen molar-refractivity contribution < 1.29 is 23.9 Å². The zero-order valence-electron chi connectivity index (χ0n) is 17.2. The number of carbonyl (C=O) groups is 2. The van der Waals surface area contributed by atoms with Crippen LogP contribution in [0.1, 0.15) is 53.5 Å². The molecule has 0 saturated carbocycles. The van der Waals surface area contributed by atoms with Crippen molar-refractivity contribution >= 4 is 31.6 Å². The lowest BCUT2D eigenvalue weighted by Crippen LogP contribution is -2.40. The number of nitrogens with zero attached hydrogens (tertiary/aromatic N) is 1. The molecular weight excluding hydrogens is 394 g/mol. The molecule has 2 heterocycles. The monoisotopic (exact) mass is 421 g/mol. The van der Waals surface area contributed by atoms with E-state index in [0.29, 0.717) is 5.69 Å². The second-order valence-corrected chi connectivity index (χ2v) is 13.9. The van der Waals surface area contributed by atoms with Crippen LogP contribution in [0.5, 0.6) is 0 Å². The van der Waals surface area contributed by atoms with Gasteiger partial charge in [-0.2, -0.15) is 0 Å². The molecule has 0 spiro atoms. The number of aromatic carboxylic acids is 1. The molecule has 2 aromatic rings. The molecule has 0 saturated heterocycles. The van der Waals surface area contributed by atoms with Gasteiger partial charge in [0.2, 0.25) is 0 Å². The molecule has 0 unspecified atom stereocenters. The van der Waals surface area contributed by atoms with Crippen molar-refractivity contribution in [1.82, 2.24) is 4.98 Å². The number of carboxylic acids is 1. The third kappa shape index (κ3) is 5.27. The van der Waals surface area contributed by atoms with Crippen molar-refractivity contribution in [2.45, 2.75) is 52.4 Å². The van der Waals surface area contributed by atoms with E-state index in [4.69, 9.17) is 9.16 Å². The second-order valence-electron chi connectivity index (χ2n) is 7.97. The average Bonchev–Trinajstić information content (AvgIpc) is 3.09. The van der Waals surface area contributed by atoms with Gasteiger partial charge in [0.05, 0.1) is 18.9 Å². The fraction of sp³-hybridized carbons (Fsp3) is 0.450. The number of ether oxygens (including phenoxy) is 1. The Morgan fingerprint density at radius 3 is 2.43 bits per heavy atom. The van der Waals surface area contributed by atoms with Crippen LogP contribution in [-0.4, -0.2) is 37.0 Å². The molecule has 8 heteroatoms. The van der Waals surface area contributed by atoms with Gasteiger partial charge in [0.15, 0.2) is 8.32 Å². The van der Waals surface area contributed by atoms with Crippen molar-refractivity contribution in [1.29, 1.82) is 0 Å². The minimum absolute atomic E-state index is 0.0543. The summed E-state index contributed by atoms with van der Waals surface area (Å²) in [5.41, 5.74) is 1.54. The smallest absolute Gasteiger partial charge is 0.356 e. The van der Waals surface area contributed by atoms with Crippen molar-refractivity contribution in [3.8, 4) is 10.4 Å². The fourth-order valence-corrected chi connectivity index (χ4v) is 3.97. The lowest BCUT2D eigenvalue weighted by molar-refractivity contribution is 0.0518. The molecule has 0 aliphatic rings. The number of carbonyl (C=O) groups excluding carboxylic acids is 1. The third-order valence-electron chi connectivity index (χ3n) is 4.85. The van der Waals surface area contributed by atoms with Gasteiger partial charge in [0.1, 0.15) is 10.6 Å². The van der Waals surface area contributed by atoms with E-state index in [0.717, 1.165) is 21.8 Å². The van der Waals surface area contributed by atoms with Gasteiger partial charge in [-0.1, -0.05) is 20.8 Å². The Morgan fingerprint density at radius 2 is 1.89 bits per heavy atom. The summed E-state index contributed by atoms with van der Waals surface area (Å²) in [4.78, 5) is 28.8. The lowest BCUT2D eigenvalue weighted by atomic mass is 10.1. The van der Waals surface area contributed by atoms with Crippen LogP contribution in [0.2, 0.25) is 18.1 Å². The average molecular weight is 422 g/mol. The van der Waals surface area contributed by atoms with E-state index in [1.54, 1.807) is 25.1 Å². The summed E-state index contributed by atoms with van der Waals surface area (Å²) in [6.45, 7) is 13.1. The Hall–Kier alpha value is -2.03. The highest BCUT2D eigenvalue weighted by Crippen LogP contribution is 2.37.